The van der Waals surface area contributed by atoms with Gasteiger partial charge in [0.05, 0.1) is 0 Å². The first-order valence-corrected chi connectivity index (χ1v) is 4.23. The Bertz CT molecular complexity index is 362. The highest BCUT2D eigenvalue weighted by atomic mass is 35.5. The number of benzene rings is 1. The number of carboxylic acids is 1. The molecule has 13 heavy (non-hydrogen) atoms. The van der Waals surface area contributed by atoms with Crippen LogP contribution < -0.4 is 4.74 Å². The lowest BCUT2D eigenvalue weighted by molar-refractivity contribution is -0.144. The van der Waals surface area contributed by atoms with Crippen LogP contribution in [0.25, 0.3) is 0 Å². The van der Waals surface area contributed by atoms with Crippen molar-refractivity contribution in [1.29, 1.82) is 0 Å². The van der Waals surface area contributed by atoms with Gasteiger partial charge >= 0.3 is 5.97 Å². The van der Waals surface area contributed by atoms with Crippen molar-refractivity contribution in [2.45, 2.75) is 12.5 Å². The van der Waals surface area contributed by atoms with Gasteiger partial charge in [-0.05, 0) is 12.1 Å². The Balaban J connectivity index is 2.35. The maximum absolute atomic E-state index is 10.6. The van der Waals surface area contributed by atoms with Gasteiger partial charge in [0, 0.05) is 17.0 Å². The van der Waals surface area contributed by atoms with Crippen molar-refractivity contribution in [2.75, 3.05) is 0 Å². The molecule has 0 spiro atoms. The summed E-state index contributed by atoms with van der Waals surface area (Å²) in [7, 11) is 0. The fraction of sp³-hybridized carbons (Fsp3) is 0.222. The first-order valence-electron chi connectivity index (χ1n) is 3.85. The molecule has 1 aromatic carbocycles. The zero-order valence-corrected chi connectivity index (χ0v) is 7.41. The van der Waals surface area contributed by atoms with Crippen LogP contribution in [-0.4, -0.2) is 17.2 Å². The van der Waals surface area contributed by atoms with E-state index in [9.17, 15) is 4.79 Å². The molecule has 0 aromatic heterocycles. The summed E-state index contributed by atoms with van der Waals surface area (Å²) in [4.78, 5) is 10.6. The number of aliphatic carboxylic acids is 1. The predicted octanol–water partition coefficient (Wildman–Crippen LogP) is 1.73. The summed E-state index contributed by atoms with van der Waals surface area (Å²) in [6.45, 7) is 0. The minimum absolute atomic E-state index is 0.352. The van der Waals surface area contributed by atoms with Gasteiger partial charge in [-0.25, -0.2) is 4.79 Å². The van der Waals surface area contributed by atoms with Gasteiger partial charge in [-0.1, -0.05) is 17.7 Å². The molecule has 4 heteroatoms. The van der Waals surface area contributed by atoms with E-state index < -0.39 is 12.1 Å². The second-order valence-corrected chi connectivity index (χ2v) is 3.27. The Morgan fingerprint density at radius 3 is 3.00 bits per heavy atom. The Morgan fingerprint density at radius 1 is 1.62 bits per heavy atom. The standard InChI is InChI=1S/C9H7ClO3/c10-6-2-1-3-7-5(6)4-8(13-7)9(11)12/h1-3,8H,4H2,(H,11,12). The third-order valence-electron chi connectivity index (χ3n) is 2.01. The second kappa shape index (κ2) is 2.92. The molecular weight excluding hydrogens is 192 g/mol. The van der Waals surface area contributed by atoms with E-state index in [4.69, 9.17) is 21.4 Å². The fourth-order valence-electron chi connectivity index (χ4n) is 1.37. The molecule has 2 rings (SSSR count). The van der Waals surface area contributed by atoms with Crippen molar-refractivity contribution in [1.82, 2.24) is 0 Å². The predicted molar refractivity (Wildman–Crippen MR) is 47.2 cm³/mol. The quantitative estimate of drug-likeness (QED) is 0.748. The Kier molecular flexibility index (Phi) is 1.88. The summed E-state index contributed by atoms with van der Waals surface area (Å²) in [6, 6.07) is 5.20. The van der Waals surface area contributed by atoms with Gasteiger partial charge in [0.15, 0.2) is 6.10 Å². The largest absolute Gasteiger partial charge is 0.478 e. The Morgan fingerprint density at radius 2 is 2.38 bits per heavy atom. The molecule has 1 aliphatic rings. The number of hydrogen-bond donors (Lipinski definition) is 1. The van der Waals surface area contributed by atoms with E-state index >= 15 is 0 Å². The third kappa shape index (κ3) is 1.35. The average molecular weight is 199 g/mol. The van der Waals surface area contributed by atoms with E-state index in [2.05, 4.69) is 0 Å². The summed E-state index contributed by atoms with van der Waals surface area (Å²) in [6.07, 6.45) is -0.431. The summed E-state index contributed by atoms with van der Waals surface area (Å²) in [5, 5.41) is 9.28. The number of carbonyl (C=O) groups is 1. The van der Waals surface area contributed by atoms with Crippen LogP contribution >= 0.6 is 11.6 Å². The molecule has 68 valence electrons. The molecule has 0 saturated carbocycles. The van der Waals surface area contributed by atoms with E-state index in [1.54, 1.807) is 18.2 Å². The maximum Gasteiger partial charge on any atom is 0.345 e. The molecule has 0 saturated heterocycles. The summed E-state index contributed by atoms with van der Waals surface area (Å²) in [5.41, 5.74) is 0.788. The molecule has 0 aliphatic carbocycles. The summed E-state index contributed by atoms with van der Waals surface area (Å²) < 4.78 is 5.17. The van der Waals surface area contributed by atoms with Crippen molar-refractivity contribution in [3.63, 3.8) is 0 Å². The van der Waals surface area contributed by atoms with Crippen LogP contribution in [0.2, 0.25) is 5.02 Å². The molecular formula is C9H7ClO3. The zero-order valence-electron chi connectivity index (χ0n) is 6.66. The van der Waals surface area contributed by atoms with Crippen LogP contribution in [0.15, 0.2) is 18.2 Å². The van der Waals surface area contributed by atoms with Crippen LogP contribution in [0.3, 0.4) is 0 Å². The summed E-state index contributed by atoms with van der Waals surface area (Å²) >= 11 is 5.87. The van der Waals surface area contributed by atoms with Crippen LogP contribution in [-0.2, 0) is 11.2 Å². The molecule has 0 bridgehead atoms. The van der Waals surface area contributed by atoms with E-state index in [0.717, 1.165) is 5.56 Å². The minimum atomic E-state index is -0.952. The maximum atomic E-state index is 10.6. The normalized spacial score (nSPS) is 19.3. The van der Waals surface area contributed by atoms with E-state index in [0.29, 0.717) is 17.2 Å². The van der Waals surface area contributed by atoms with Crippen molar-refractivity contribution in [3.8, 4) is 5.75 Å². The van der Waals surface area contributed by atoms with Crippen molar-refractivity contribution < 1.29 is 14.6 Å². The first kappa shape index (κ1) is 8.38. The van der Waals surface area contributed by atoms with Crippen molar-refractivity contribution in [2.24, 2.45) is 0 Å². The van der Waals surface area contributed by atoms with Crippen molar-refractivity contribution >= 4 is 17.6 Å². The van der Waals surface area contributed by atoms with Gasteiger partial charge in [0.25, 0.3) is 0 Å². The molecule has 1 unspecified atom stereocenters. The molecule has 1 aromatic rings. The fourth-order valence-corrected chi connectivity index (χ4v) is 1.61. The van der Waals surface area contributed by atoms with E-state index in [1.807, 2.05) is 0 Å². The van der Waals surface area contributed by atoms with Crippen LogP contribution in [0.1, 0.15) is 5.56 Å². The lowest BCUT2D eigenvalue weighted by Gasteiger charge is -2.02. The molecule has 1 N–H and O–H groups in total. The molecule has 3 nitrogen and oxygen atoms in total. The molecule has 1 heterocycles. The van der Waals surface area contributed by atoms with E-state index in [-0.39, 0.29) is 0 Å². The number of hydrogen-bond acceptors (Lipinski definition) is 2. The molecule has 0 radical (unpaired) electrons. The second-order valence-electron chi connectivity index (χ2n) is 2.87. The molecule has 0 amide bonds. The third-order valence-corrected chi connectivity index (χ3v) is 2.36. The molecule has 0 fully saturated rings. The number of ether oxygens (including phenoxy) is 1. The van der Waals surface area contributed by atoms with Gasteiger partial charge in [0.2, 0.25) is 0 Å². The number of rotatable bonds is 1. The van der Waals surface area contributed by atoms with Gasteiger partial charge in [-0.2, -0.15) is 0 Å². The lowest BCUT2D eigenvalue weighted by Crippen LogP contribution is -2.24. The Labute approximate surface area is 79.9 Å². The van der Waals surface area contributed by atoms with E-state index in [1.165, 1.54) is 0 Å². The van der Waals surface area contributed by atoms with Gasteiger partial charge in [0.1, 0.15) is 5.75 Å². The first-order chi connectivity index (χ1) is 6.18. The highest BCUT2D eigenvalue weighted by Gasteiger charge is 2.29. The van der Waals surface area contributed by atoms with Crippen molar-refractivity contribution in [3.05, 3.63) is 28.8 Å². The lowest BCUT2D eigenvalue weighted by atomic mass is 10.1. The highest BCUT2D eigenvalue weighted by molar-refractivity contribution is 6.31. The molecule has 1 aliphatic heterocycles. The number of halogens is 1. The van der Waals surface area contributed by atoms with Gasteiger partial charge in [-0.3, -0.25) is 0 Å². The van der Waals surface area contributed by atoms with Gasteiger partial charge < -0.3 is 9.84 Å². The average Bonchev–Trinajstić information content (AvgIpc) is 2.49. The van der Waals surface area contributed by atoms with Crippen LogP contribution in [0.4, 0.5) is 0 Å². The van der Waals surface area contributed by atoms with Crippen LogP contribution in [0, 0.1) is 0 Å². The monoisotopic (exact) mass is 198 g/mol. The summed E-state index contributed by atoms with van der Waals surface area (Å²) in [5.74, 6) is -0.368. The smallest absolute Gasteiger partial charge is 0.345 e. The van der Waals surface area contributed by atoms with Crippen LogP contribution in [0.5, 0.6) is 5.75 Å². The number of carboxylic acid groups (broad SMARTS) is 1. The zero-order chi connectivity index (χ0) is 9.42. The van der Waals surface area contributed by atoms with Gasteiger partial charge in [-0.15, -0.1) is 0 Å². The highest BCUT2D eigenvalue weighted by Crippen LogP contribution is 2.33. The minimum Gasteiger partial charge on any atom is -0.478 e. The molecule has 1 atom stereocenters. The SMILES string of the molecule is O=C(O)C1Cc2c(Cl)cccc2O1. The number of fused-ring (bicyclic) bond motifs is 1. The topological polar surface area (TPSA) is 46.5 Å². The Hall–Kier alpha value is -1.22.